The minimum absolute atomic E-state index is 0.0477. The van der Waals surface area contributed by atoms with E-state index in [2.05, 4.69) is 14.7 Å². The van der Waals surface area contributed by atoms with Crippen LogP contribution in [0.2, 0.25) is 0 Å². The van der Waals surface area contributed by atoms with Crippen LogP contribution in [0.3, 0.4) is 0 Å². The third-order valence-electron chi connectivity index (χ3n) is 4.92. The summed E-state index contributed by atoms with van der Waals surface area (Å²) in [6.07, 6.45) is 1.57. The molecule has 0 atom stereocenters. The topological polar surface area (TPSA) is 74.1 Å². The van der Waals surface area contributed by atoms with Crippen LogP contribution in [0.4, 0.5) is 8.78 Å². The van der Waals surface area contributed by atoms with Crippen molar-refractivity contribution in [1.82, 2.24) is 14.5 Å². The zero-order chi connectivity index (χ0) is 23.5. The number of carbonyl (C=O) groups is 1. The molecule has 0 radical (unpaired) electrons. The molecule has 0 aliphatic rings. The Morgan fingerprint density at radius 1 is 1.12 bits per heavy atom. The third kappa shape index (κ3) is 4.78. The minimum atomic E-state index is -3.05. The number of benzene rings is 2. The van der Waals surface area contributed by atoms with Crippen LogP contribution >= 0.6 is 11.8 Å². The third-order valence-corrected chi connectivity index (χ3v) is 5.86. The van der Waals surface area contributed by atoms with E-state index < -0.39 is 12.4 Å². The minimum Gasteiger partial charge on any atom is -0.434 e. The van der Waals surface area contributed by atoms with E-state index in [1.54, 1.807) is 49.5 Å². The van der Waals surface area contributed by atoms with Gasteiger partial charge in [-0.2, -0.15) is 8.78 Å². The van der Waals surface area contributed by atoms with Gasteiger partial charge in [0.05, 0.1) is 22.2 Å². The van der Waals surface area contributed by atoms with E-state index in [9.17, 15) is 18.4 Å². The van der Waals surface area contributed by atoms with Gasteiger partial charge in [0, 0.05) is 6.20 Å². The lowest BCUT2D eigenvalue weighted by atomic mass is 10.1. The predicted octanol–water partition coefficient (Wildman–Crippen LogP) is 4.97. The van der Waals surface area contributed by atoms with E-state index in [0.717, 1.165) is 22.9 Å². The van der Waals surface area contributed by atoms with Gasteiger partial charge >= 0.3 is 6.61 Å². The molecule has 4 aromatic rings. The fourth-order valence-electron chi connectivity index (χ4n) is 3.38. The molecule has 0 aliphatic carbocycles. The predicted molar refractivity (Wildman–Crippen MR) is 123 cm³/mol. The van der Waals surface area contributed by atoms with Crippen molar-refractivity contribution in [3.05, 3.63) is 87.8 Å². The van der Waals surface area contributed by atoms with Crippen LogP contribution in [-0.2, 0) is 0 Å². The van der Waals surface area contributed by atoms with Gasteiger partial charge in [0.2, 0.25) is 0 Å². The molecule has 168 valence electrons. The van der Waals surface area contributed by atoms with E-state index >= 15 is 0 Å². The van der Waals surface area contributed by atoms with E-state index in [1.165, 1.54) is 16.7 Å². The van der Waals surface area contributed by atoms with Crippen molar-refractivity contribution in [1.29, 1.82) is 0 Å². The van der Waals surface area contributed by atoms with Gasteiger partial charge in [-0.15, -0.1) is 0 Å². The Hall–Kier alpha value is -3.59. The fourth-order valence-corrected chi connectivity index (χ4v) is 4.25. The quantitative estimate of drug-likeness (QED) is 0.217. The van der Waals surface area contributed by atoms with Gasteiger partial charge in [0.25, 0.3) is 5.56 Å². The molecule has 2 heterocycles. The molecule has 9 heteroatoms. The molecular formula is C24H19F2N3O3S. The van der Waals surface area contributed by atoms with E-state index in [4.69, 9.17) is 0 Å². The van der Waals surface area contributed by atoms with Crippen molar-refractivity contribution in [2.24, 2.45) is 0 Å². The maximum Gasteiger partial charge on any atom is 0.387 e. The number of carbonyl (C=O) groups excluding carboxylic acids is 1. The van der Waals surface area contributed by atoms with Gasteiger partial charge in [-0.3, -0.25) is 9.59 Å². The second-order valence-corrected chi connectivity index (χ2v) is 8.23. The van der Waals surface area contributed by atoms with Crippen LogP contribution in [-0.4, -0.2) is 32.7 Å². The van der Waals surface area contributed by atoms with Crippen LogP contribution < -0.4 is 10.3 Å². The van der Waals surface area contributed by atoms with Gasteiger partial charge in [0.1, 0.15) is 11.6 Å². The number of para-hydroxylation sites is 1. The molecule has 0 saturated carbocycles. The number of hydrogen-bond acceptors (Lipinski definition) is 6. The number of fused-ring (bicyclic) bond motifs is 1. The number of ketones is 1. The standard InChI is InChI=1S/C24H19F2N3O3S/c1-14-9-10-20(32-23(25)26)17(12-14)19(30)13-33-24-28-18-8-4-3-7-16(18)22(31)29(24)21-15(2)6-5-11-27-21/h3-12,23H,13H2,1-2H3. The Kier molecular flexibility index (Phi) is 6.50. The van der Waals surface area contributed by atoms with E-state index in [-0.39, 0.29) is 27.8 Å². The number of alkyl halides is 2. The lowest BCUT2D eigenvalue weighted by Crippen LogP contribution is -2.24. The van der Waals surface area contributed by atoms with Crippen LogP contribution in [0, 0.1) is 13.8 Å². The number of rotatable bonds is 7. The normalized spacial score (nSPS) is 11.2. The largest absolute Gasteiger partial charge is 0.434 e. The highest BCUT2D eigenvalue weighted by Crippen LogP contribution is 2.27. The number of hydrogen-bond donors (Lipinski definition) is 0. The van der Waals surface area contributed by atoms with Crippen LogP contribution in [0.25, 0.3) is 16.7 Å². The molecule has 0 amide bonds. The zero-order valence-corrected chi connectivity index (χ0v) is 18.6. The molecule has 0 saturated heterocycles. The number of aryl methyl sites for hydroxylation is 2. The SMILES string of the molecule is Cc1ccc(OC(F)F)c(C(=O)CSc2nc3ccccc3c(=O)n2-c2ncccc2C)c1. The van der Waals surface area contributed by atoms with E-state index in [1.807, 2.05) is 13.0 Å². The Labute approximate surface area is 192 Å². The maximum absolute atomic E-state index is 13.3. The van der Waals surface area contributed by atoms with Crippen molar-refractivity contribution >= 4 is 28.4 Å². The summed E-state index contributed by atoms with van der Waals surface area (Å²) in [5, 5.41) is 0.697. The summed E-state index contributed by atoms with van der Waals surface area (Å²) in [4.78, 5) is 35.2. The Bertz CT molecular complexity index is 1410. The summed E-state index contributed by atoms with van der Waals surface area (Å²) >= 11 is 1.04. The molecule has 4 rings (SSSR count). The number of thioether (sulfide) groups is 1. The number of ether oxygens (including phenoxy) is 1. The molecule has 0 N–H and O–H groups in total. The van der Waals surface area contributed by atoms with Gasteiger partial charge < -0.3 is 4.74 Å². The smallest absolute Gasteiger partial charge is 0.387 e. The highest BCUT2D eigenvalue weighted by atomic mass is 32.2. The summed E-state index contributed by atoms with van der Waals surface area (Å²) in [7, 11) is 0. The van der Waals surface area contributed by atoms with Crippen molar-refractivity contribution in [2.45, 2.75) is 25.6 Å². The highest BCUT2D eigenvalue weighted by molar-refractivity contribution is 7.99. The van der Waals surface area contributed by atoms with Crippen molar-refractivity contribution in [3.8, 4) is 11.6 Å². The molecular weight excluding hydrogens is 448 g/mol. The van der Waals surface area contributed by atoms with Crippen molar-refractivity contribution in [3.63, 3.8) is 0 Å². The molecule has 0 unspecified atom stereocenters. The molecule has 0 fully saturated rings. The Morgan fingerprint density at radius 2 is 1.91 bits per heavy atom. The monoisotopic (exact) mass is 467 g/mol. The van der Waals surface area contributed by atoms with Gasteiger partial charge in [-0.25, -0.2) is 14.5 Å². The summed E-state index contributed by atoms with van der Waals surface area (Å²) < 4.78 is 31.5. The Morgan fingerprint density at radius 3 is 2.67 bits per heavy atom. The maximum atomic E-state index is 13.3. The number of nitrogens with zero attached hydrogens (tertiary/aromatic N) is 3. The summed E-state index contributed by atoms with van der Waals surface area (Å²) in [6, 6.07) is 14.9. The lowest BCUT2D eigenvalue weighted by Gasteiger charge is -2.14. The van der Waals surface area contributed by atoms with Crippen LogP contribution in [0.5, 0.6) is 5.75 Å². The second-order valence-electron chi connectivity index (χ2n) is 7.29. The molecule has 0 aliphatic heterocycles. The first-order chi connectivity index (χ1) is 15.8. The molecule has 6 nitrogen and oxygen atoms in total. The van der Waals surface area contributed by atoms with Gasteiger partial charge in [0.15, 0.2) is 10.9 Å². The van der Waals surface area contributed by atoms with Crippen molar-refractivity contribution in [2.75, 3.05) is 5.75 Å². The molecule has 33 heavy (non-hydrogen) atoms. The average molecular weight is 467 g/mol. The number of aromatic nitrogens is 3. The summed E-state index contributed by atoms with van der Waals surface area (Å²) in [5.41, 5.74) is 1.71. The van der Waals surface area contributed by atoms with E-state index in [0.29, 0.717) is 16.7 Å². The zero-order valence-electron chi connectivity index (χ0n) is 17.8. The van der Waals surface area contributed by atoms with Crippen LogP contribution in [0.15, 0.2) is 70.7 Å². The molecule has 2 aromatic heterocycles. The molecule has 2 aromatic carbocycles. The number of pyridine rings is 1. The molecule has 0 bridgehead atoms. The summed E-state index contributed by atoms with van der Waals surface area (Å²) in [6.45, 7) is 0.526. The van der Waals surface area contributed by atoms with Gasteiger partial charge in [-0.1, -0.05) is 41.6 Å². The molecule has 0 spiro atoms. The van der Waals surface area contributed by atoms with Gasteiger partial charge in [-0.05, 0) is 49.7 Å². The van der Waals surface area contributed by atoms with Crippen LogP contribution in [0.1, 0.15) is 21.5 Å². The first-order valence-corrected chi connectivity index (χ1v) is 11.0. The fraction of sp³-hybridized carbons (Fsp3) is 0.167. The number of Topliss-reactive ketones (excluding diaryl/α,β-unsaturated/α-hetero) is 1. The summed E-state index contributed by atoms with van der Waals surface area (Å²) in [5.74, 6) is -0.343. The first kappa shape index (κ1) is 22.6. The highest BCUT2D eigenvalue weighted by Gasteiger charge is 2.20. The average Bonchev–Trinajstić information content (AvgIpc) is 2.79. The Balaban J connectivity index is 1.75. The lowest BCUT2D eigenvalue weighted by molar-refractivity contribution is -0.0501. The second kappa shape index (κ2) is 9.50. The first-order valence-electron chi connectivity index (χ1n) is 10.0. The number of halogens is 2. The van der Waals surface area contributed by atoms with Crippen molar-refractivity contribution < 1.29 is 18.3 Å².